The van der Waals surface area contributed by atoms with Crippen LogP contribution in [0.5, 0.6) is 5.75 Å². The maximum atomic E-state index is 13.5. The van der Waals surface area contributed by atoms with E-state index < -0.39 is 5.91 Å². The minimum atomic E-state index is -0.401. The van der Waals surface area contributed by atoms with Crippen LogP contribution in [0.4, 0.5) is 11.4 Å². The van der Waals surface area contributed by atoms with Gasteiger partial charge in [-0.15, -0.1) is 0 Å². The number of imide groups is 1. The summed E-state index contributed by atoms with van der Waals surface area (Å²) in [4.78, 5) is 28.1. The summed E-state index contributed by atoms with van der Waals surface area (Å²) in [5, 5.41) is 3.21. The van der Waals surface area contributed by atoms with E-state index in [1.807, 2.05) is 54.6 Å². The highest BCUT2D eigenvalue weighted by atomic mass is 16.5. The van der Waals surface area contributed by atoms with E-state index in [9.17, 15) is 9.59 Å². The van der Waals surface area contributed by atoms with Crippen molar-refractivity contribution in [1.29, 1.82) is 0 Å². The van der Waals surface area contributed by atoms with Gasteiger partial charge in [0.15, 0.2) is 0 Å². The first-order valence-electron chi connectivity index (χ1n) is 10.5. The molecule has 32 heavy (non-hydrogen) atoms. The highest BCUT2D eigenvalue weighted by Crippen LogP contribution is 2.35. The number of nitrogens with one attached hydrogen (secondary N) is 1. The highest BCUT2D eigenvalue weighted by Gasteiger charge is 2.40. The van der Waals surface area contributed by atoms with Crippen molar-refractivity contribution in [3.63, 3.8) is 0 Å². The Morgan fingerprint density at radius 3 is 2.12 bits per heavy atom. The Morgan fingerprint density at radius 2 is 1.50 bits per heavy atom. The van der Waals surface area contributed by atoms with Crippen molar-refractivity contribution in [2.45, 2.75) is 26.2 Å². The minimum Gasteiger partial charge on any atom is -0.497 e. The Balaban J connectivity index is 1.76. The topological polar surface area (TPSA) is 58.6 Å². The third-order valence-corrected chi connectivity index (χ3v) is 5.48. The van der Waals surface area contributed by atoms with Gasteiger partial charge in [0.2, 0.25) is 0 Å². The molecule has 1 N–H and O–H groups in total. The number of methoxy groups -OCH3 is 1. The third-order valence-electron chi connectivity index (χ3n) is 5.48. The minimum absolute atomic E-state index is 0.0231. The van der Waals surface area contributed by atoms with E-state index in [-0.39, 0.29) is 17.0 Å². The summed E-state index contributed by atoms with van der Waals surface area (Å²) in [6.45, 7) is 6.45. The lowest BCUT2D eigenvalue weighted by atomic mass is 9.87. The van der Waals surface area contributed by atoms with Crippen molar-refractivity contribution in [3.8, 4) is 5.75 Å². The molecule has 0 atom stereocenters. The molecular weight excluding hydrogens is 400 g/mol. The first-order valence-corrected chi connectivity index (χ1v) is 10.5. The SMILES string of the molecule is COc1cccc(N2C(=O)C(Nc3ccc(C(C)(C)C)cc3)=C(c3ccccc3)C2=O)c1. The molecule has 2 amide bonds. The predicted molar refractivity (Wildman–Crippen MR) is 128 cm³/mol. The second-order valence-electron chi connectivity index (χ2n) is 8.72. The van der Waals surface area contributed by atoms with Crippen LogP contribution in [0, 0.1) is 0 Å². The molecule has 0 aliphatic carbocycles. The summed E-state index contributed by atoms with van der Waals surface area (Å²) in [5.74, 6) is -0.200. The summed E-state index contributed by atoms with van der Waals surface area (Å²) in [6.07, 6.45) is 0. The van der Waals surface area contributed by atoms with Gasteiger partial charge < -0.3 is 10.1 Å². The second-order valence-corrected chi connectivity index (χ2v) is 8.72. The number of anilines is 2. The van der Waals surface area contributed by atoms with Crippen LogP contribution in [0.2, 0.25) is 0 Å². The monoisotopic (exact) mass is 426 g/mol. The fourth-order valence-corrected chi connectivity index (χ4v) is 3.70. The Labute approximate surface area is 188 Å². The van der Waals surface area contributed by atoms with Gasteiger partial charge in [-0.3, -0.25) is 9.59 Å². The lowest BCUT2D eigenvalue weighted by molar-refractivity contribution is -0.120. The number of carbonyl (C=O) groups is 2. The number of hydrogen-bond donors (Lipinski definition) is 1. The molecular formula is C27H26N2O3. The Hall–Kier alpha value is -3.86. The molecule has 1 heterocycles. The lowest BCUT2D eigenvalue weighted by Gasteiger charge is -2.19. The number of rotatable bonds is 5. The smallest absolute Gasteiger partial charge is 0.282 e. The van der Waals surface area contributed by atoms with Crippen LogP contribution in [0.25, 0.3) is 5.57 Å². The summed E-state index contributed by atoms with van der Waals surface area (Å²) in [7, 11) is 1.55. The Morgan fingerprint density at radius 1 is 0.812 bits per heavy atom. The maximum absolute atomic E-state index is 13.5. The summed E-state index contributed by atoms with van der Waals surface area (Å²) < 4.78 is 5.28. The van der Waals surface area contributed by atoms with E-state index in [1.54, 1.807) is 31.4 Å². The summed E-state index contributed by atoms with van der Waals surface area (Å²) in [6, 6.07) is 24.1. The van der Waals surface area contributed by atoms with Crippen LogP contribution >= 0.6 is 0 Å². The second kappa shape index (κ2) is 8.35. The van der Waals surface area contributed by atoms with Gasteiger partial charge in [0.25, 0.3) is 11.8 Å². The average Bonchev–Trinajstić information content (AvgIpc) is 3.03. The quantitative estimate of drug-likeness (QED) is 0.556. The molecule has 0 fully saturated rings. The van der Waals surface area contributed by atoms with Gasteiger partial charge in [0.05, 0.1) is 18.4 Å². The molecule has 162 valence electrons. The molecule has 3 aromatic rings. The van der Waals surface area contributed by atoms with Gasteiger partial charge in [-0.2, -0.15) is 0 Å². The van der Waals surface area contributed by atoms with Crippen LogP contribution in [-0.4, -0.2) is 18.9 Å². The van der Waals surface area contributed by atoms with Crippen LogP contribution < -0.4 is 15.0 Å². The van der Waals surface area contributed by atoms with Crippen molar-refractivity contribution in [1.82, 2.24) is 0 Å². The Bertz CT molecular complexity index is 1190. The molecule has 0 saturated carbocycles. The highest BCUT2D eigenvalue weighted by molar-refractivity contribution is 6.46. The fourth-order valence-electron chi connectivity index (χ4n) is 3.70. The molecule has 0 unspecified atom stereocenters. The molecule has 5 heteroatoms. The Kier molecular flexibility index (Phi) is 5.57. The van der Waals surface area contributed by atoms with E-state index in [1.165, 1.54) is 10.5 Å². The molecule has 4 rings (SSSR count). The number of nitrogens with zero attached hydrogens (tertiary/aromatic N) is 1. The van der Waals surface area contributed by atoms with E-state index >= 15 is 0 Å². The third kappa shape index (κ3) is 4.02. The first-order chi connectivity index (χ1) is 15.3. The summed E-state index contributed by atoms with van der Waals surface area (Å²) in [5.41, 5.74) is 3.71. The molecule has 0 saturated heterocycles. The molecule has 5 nitrogen and oxygen atoms in total. The van der Waals surface area contributed by atoms with Gasteiger partial charge in [-0.05, 0) is 40.8 Å². The van der Waals surface area contributed by atoms with Crippen molar-refractivity contribution in [2.24, 2.45) is 0 Å². The van der Waals surface area contributed by atoms with Gasteiger partial charge >= 0.3 is 0 Å². The fraction of sp³-hybridized carbons (Fsp3) is 0.185. The van der Waals surface area contributed by atoms with Gasteiger partial charge in [0, 0.05) is 11.8 Å². The molecule has 0 radical (unpaired) electrons. The zero-order chi connectivity index (χ0) is 22.9. The van der Waals surface area contributed by atoms with Crippen molar-refractivity contribution in [2.75, 3.05) is 17.3 Å². The zero-order valence-corrected chi connectivity index (χ0v) is 18.7. The first kappa shape index (κ1) is 21.4. The van der Waals surface area contributed by atoms with Crippen LogP contribution in [0.3, 0.4) is 0 Å². The van der Waals surface area contributed by atoms with Crippen LogP contribution in [0.1, 0.15) is 31.9 Å². The normalized spacial score (nSPS) is 14.2. The molecule has 3 aromatic carbocycles. The van der Waals surface area contributed by atoms with Crippen LogP contribution in [-0.2, 0) is 15.0 Å². The van der Waals surface area contributed by atoms with E-state index in [4.69, 9.17) is 4.74 Å². The van der Waals surface area contributed by atoms with Gasteiger partial charge in [-0.25, -0.2) is 4.90 Å². The standard InChI is InChI=1S/C27H26N2O3/c1-27(2,3)19-13-15-20(16-14-19)28-24-23(18-9-6-5-7-10-18)25(30)29(26(24)31)21-11-8-12-22(17-21)32-4/h5-17,28H,1-4H3. The number of benzene rings is 3. The lowest BCUT2D eigenvalue weighted by Crippen LogP contribution is -2.32. The largest absolute Gasteiger partial charge is 0.497 e. The molecule has 0 bridgehead atoms. The predicted octanol–water partition coefficient (Wildman–Crippen LogP) is 5.39. The van der Waals surface area contributed by atoms with E-state index in [0.29, 0.717) is 22.6 Å². The van der Waals surface area contributed by atoms with Crippen molar-refractivity contribution >= 4 is 28.8 Å². The average molecular weight is 427 g/mol. The van der Waals surface area contributed by atoms with E-state index in [2.05, 4.69) is 26.1 Å². The number of amides is 2. The number of carbonyl (C=O) groups excluding carboxylic acids is 2. The zero-order valence-electron chi connectivity index (χ0n) is 18.7. The molecule has 0 aromatic heterocycles. The van der Waals surface area contributed by atoms with Crippen LogP contribution in [0.15, 0.2) is 84.6 Å². The van der Waals surface area contributed by atoms with Gasteiger partial charge in [-0.1, -0.05) is 69.3 Å². The van der Waals surface area contributed by atoms with Gasteiger partial charge in [0.1, 0.15) is 11.4 Å². The van der Waals surface area contributed by atoms with E-state index in [0.717, 1.165) is 5.69 Å². The number of hydrogen-bond acceptors (Lipinski definition) is 4. The summed E-state index contributed by atoms with van der Waals surface area (Å²) >= 11 is 0. The molecule has 1 aliphatic rings. The van der Waals surface area contributed by atoms with Crippen molar-refractivity contribution < 1.29 is 14.3 Å². The maximum Gasteiger partial charge on any atom is 0.282 e. The van der Waals surface area contributed by atoms with Crippen molar-refractivity contribution in [3.05, 3.63) is 95.7 Å². The molecule has 1 aliphatic heterocycles. The molecule has 0 spiro atoms. The number of ether oxygens (including phenoxy) is 1.